The van der Waals surface area contributed by atoms with Crippen molar-refractivity contribution in [2.75, 3.05) is 0 Å². The second-order valence-corrected chi connectivity index (χ2v) is 5.37. The minimum Gasteiger partial charge on any atom is -0.480 e. The molecule has 1 fully saturated rings. The topological polar surface area (TPSA) is 80.9 Å². The van der Waals surface area contributed by atoms with Gasteiger partial charge in [0.15, 0.2) is 0 Å². The largest absolute Gasteiger partial charge is 0.480 e. The first kappa shape index (κ1) is 12.3. The van der Waals surface area contributed by atoms with E-state index < -0.39 is 11.2 Å². The van der Waals surface area contributed by atoms with Crippen LogP contribution < -0.4 is 0 Å². The molecule has 1 aliphatic rings. The SMILES string of the molecule is CCC(Sc1nnnn1C1CCCC1)C(=O)O. The maximum Gasteiger partial charge on any atom is 0.317 e. The normalized spacial score (nSPS) is 18.4. The summed E-state index contributed by atoms with van der Waals surface area (Å²) < 4.78 is 1.79. The quantitative estimate of drug-likeness (QED) is 0.808. The summed E-state index contributed by atoms with van der Waals surface area (Å²) >= 11 is 1.24. The summed E-state index contributed by atoms with van der Waals surface area (Å²) in [6.45, 7) is 1.86. The molecule has 0 saturated heterocycles. The number of aliphatic carboxylic acids is 1. The lowest BCUT2D eigenvalue weighted by Crippen LogP contribution is -2.17. The van der Waals surface area contributed by atoms with Gasteiger partial charge in [-0.3, -0.25) is 4.79 Å². The summed E-state index contributed by atoms with van der Waals surface area (Å²) in [5.41, 5.74) is 0. The van der Waals surface area contributed by atoms with Gasteiger partial charge in [0.25, 0.3) is 0 Å². The molecule has 1 heterocycles. The molecule has 17 heavy (non-hydrogen) atoms. The minimum atomic E-state index is -0.807. The number of tetrazole rings is 1. The molecule has 2 rings (SSSR count). The predicted octanol–water partition coefficient (Wildman–Crippen LogP) is 1.74. The number of hydrogen-bond acceptors (Lipinski definition) is 5. The van der Waals surface area contributed by atoms with E-state index in [4.69, 9.17) is 5.11 Å². The average molecular weight is 256 g/mol. The van der Waals surface area contributed by atoms with Crippen LogP contribution in [0.2, 0.25) is 0 Å². The highest BCUT2D eigenvalue weighted by Gasteiger charge is 2.25. The van der Waals surface area contributed by atoms with Crippen LogP contribution in [-0.2, 0) is 4.79 Å². The molecule has 0 radical (unpaired) electrons. The molecule has 1 aromatic rings. The maximum absolute atomic E-state index is 11.0. The second-order valence-electron chi connectivity index (χ2n) is 4.20. The number of carbonyl (C=O) groups is 1. The number of hydrogen-bond donors (Lipinski definition) is 1. The summed E-state index contributed by atoms with van der Waals surface area (Å²) in [5.74, 6) is -0.807. The molecule has 1 unspecified atom stereocenters. The van der Waals surface area contributed by atoms with E-state index in [0.717, 1.165) is 12.8 Å². The van der Waals surface area contributed by atoms with Crippen LogP contribution in [0.4, 0.5) is 0 Å². The Morgan fingerprint density at radius 2 is 2.29 bits per heavy atom. The Kier molecular flexibility index (Phi) is 3.98. The number of aromatic nitrogens is 4. The van der Waals surface area contributed by atoms with Crippen molar-refractivity contribution in [3.63, 3.8) is 0 Å². The first-order valence-electron chi connectivity index (χ1n) is 5.89. The van der Waals surface area contributed by atoms with Crippen LogP contribution in [0.1, 0.15) is 45.1 Å². The van der Waals surface area contributed by atoms with Gasteiger partial charge in [-0.1, -0.05) is 31.5 Å². The van der Waals surface area contributed by atoms with E-state index in [1.807, 2.05) is 6.92 Å². The molecule has 94 valence electrons. The fraction of sp³-hybridized carbons (Fsp3) is 0.800. The first-order chi connectivity index (χ1) is 8.22. The van der Waals surface area contributed by atoms with Crippen LogP contribution >= 0.6 is 11.8 Å². The van der Waals surface area contributed by atoms with Crippen molar-refractivity contribution in [3.05, 3.63) is 0 Å². The Bertz CT molecular complexity index is 389. The van der Waals surface area contributed by atoms with Crippen molar-refractivity contribution in [1.82, 2.24) is 20.2 Å². The zero-order valence-corrected chi connectivity index (χ0v) is 10.6. The van der Waals surface area contributed by atoms with Crippen LogP contribution in [0.5, 0.6) is 0 Å². The Balaban J connectivity index is 2.10. The molecule has 0 aliphatic heterocycles. The molecular weight excluding hydrogens is 240 g/mol. The second kappa shape index (κ2) is 5.48. The summed E-state index contributed by atoms with van der Waals surface area (Å²) in [5, 5.41) is 20.8. The average Bonchev–Trinajstić information content (AvgIpc) is 2.95. The molecule has 1 aliphatic carbocycles. The zero-order valence-electron chi connectivity index (χ0n) is 9.74. The third-order valence-corrected chi connectivity index (χ3v) is 4.33. The van der Waals surface area contributed by atoms with Gasteiger partial charge < -0.3 is 5.11 Å². The fourth-order valence-corrected chi connectivity index (χ4v) is 2.98. The summed E-state index contributed by atoms with van der Waals surface area (Å²) in [6.07, 6.45) is 5.14. The zero-order chi connectivity index (χ0) is 12.3. The van der Waals surface area contributed by atoms with E-state index in [1.165, 1.54) is 24.6 Å². The molecule has 7 heteroatoms. The van der Waals surface area contributed by atoms with Gasteiger partial charge in [0, 0.05) is 0 Å². The number of rotatable bonds is 5. The first-order valence-corrected chi connectivity index (χ1v) is 6.77. The van der Waals surface area contributed by atoms with Crippen molar-refractivity contribution < 1.29 is 9.90 Å². The van der Waals surface area contributed by atoms with Gasteiger partial charge >= 0.3 is 5.97 Å². The van der Waals surface area contributed by atoms with Gasteiger partial charge in [0.1, 0.15) is 5.25 Å². The van der Waals surface area contributed by atoms with Gasteiger partial charge in [0.05, 0.1) is 6.04 Å². The van der Waals surface area contributed by atoms with Gasteiger partial charge in [-0.2, -0.15) is 0 Å². The maximum atomic E-state index is 11.0. The fourth-order valence-electron chi connectivity index (χ4n) is 2.08. The lowest BCUT2D eigenvalue weighted by molar-refractivity contribution is -0.136. The van der Waals surface area contributed by atoms with E-state index in [0.29, 0.717) is 17.6 Å². The lowest BCUT2D eigenvalue weighted by Gasteiger charge is -2.13. The Labute approximate surface area is 104 Å². The third kappa shape index (κ3) is 2.77. The van der Waals surface area contributed by atoms with Crippen molar-refractivity contribution in [2.24, 2.45) is 0 Å². The summed E-state index contributed by atoms with van der Waals surface area (Å²) in [7, 11) is 0. The van der Waals surface area contributed by atoms with E-state index in [1.54, 1.807) is 4.68 Å². The minimum absolute atomic E-state index is 0.346. The highest BCUT2D eigenvalue weighted by molar-refractivity contribution is 8.00. The highest BCUT2D eigenvalue weighted by atomic mass is 32.2. The molecule has 6 nitrogen and oxygen atoms in total. The van der Waals surface area contributed by atoms with Crippen LogP contribution in [0.25, 0.3) is 0 Å². The van der Waals surface area contributed by atoms with Crippen molar-refractivity contribution in [3.8, 4) is 0 Å². The Morgan fingerprint density at radius 1 is 1.59 bits per heavy atom. The van der Waals surface area contributed by atoms with Crippen LogP contribution in [0.15, 0.2) is 5.16 Å². The smallest absolute Gasteiger partial charge is 0.317 e. The Hall–Kier alpha value is -1.11. The summed E-state index contributed by atoms with van der Waals surface area (Å²) in [4.78, 5) is 11.0. The number of carboxylic acid groups (broad SMARTS) is 1. The molecule has 1 aromatic heterocycles. The van der Waals surface area contributed by atoms with Crippen molar-refractivity contribution in [2.45, 2.75) is 55.5 Å². The Morgan fingerprint density at radius 3 is 2.88 bits per heavy atom. The number of carboxylic acids is 1. The van der Waals surface area contributed by atoms with Gasteiger partial charge in [0.2, 0.25) is 5.16 Å². The highest BCUT2D eigenvalue weighted by Crippen LogP contribution is 2.32. The van der Waals surface area contributed by atoms with Gasteiger partial charge in [-0.05, 0) is 29.7 Å². The molecular formula is C10H16N4O2S. The predicted molar refractivity (Wildman–Crippen MR) is 62.9 cm³/mol. The monoisotopic (exact) mass is 256 g/mol. The third-order valence-electron chi connectivity index (χ3n) is 3.03. The van der Waals surface area contributed by atoms with E-state index in [9.17, 15) is 4.79 Å². The van der Waals surface area contributed by atoms with E-state index in [2.05, 4.69) is 15.5 Å². The van der Waals surface area contributed by atoms with Gasteiger partial charge in [-0.25, -0.2) is 4.68 Å². The molecule has 0 amide bonds. The molecule has 1 atom stereocenters. The van der Waals surface area contributed by atoms with Crippen molar-refractivity contribution >= 4 is 17.7 Å². The molecule has 1 N–H and O–H groups in total. The number of nitrogens with zero attached hydrogens (tertiary/aromatic N) is 4. The molecule has 0 bridgehead atoms. The number of thioether (sulfide) groups is 1. The summed E-state index contributed by atoms with van der Waals surface area (Å²) in [6, 6.07) is 0.346. The van der Waals surface area contributed by atoms with Crippen LogP contribution in [0.3, 0.4) is 0 Å². The van der Waals surface area contributed by atoms with Crippen LogP contribution in [0, 0.1) is 0 Å². The molecule has 1 saturated carbocycles. The standard InChI is InChI=1S/C10H16N4O2S/c1-2-8(9(15)16)17-10-11-12-13-14(10)7-5-3-4-6-7/h7-8H,2-6H2,1H3,(H,15,16). The molecule has 0 aromatic carbocycles. The van der Waals surface area contributed by atoms with E-state index in [-0.39, 0.29) is 0 Å². The van der Waals surface area contributed by atoms with E-state index >= 15 is 0 Å². The molecule has 0 spiro atoms. The van der Waals surface area contributed by atoms with Gasteiger partial charge in [-0.15, -0.1) is 5.10 Å². The van der Waals surface area contributed by atoms with Crippen molar-refractivity contribution in [1.29, 1.82) is 0 Å². The van der Waals surface area contributed by atoms with Crippen LogP contribution in [-0.4, -0.2) is 36.5 Å². The lowest BCUT2D eigenvalue weighted by atomic mass is 10.3.